The number of ether oxygens (including phenoxy) is 3. The molecule has 1 aliphatic heterocycles. The highest BCUT2D eigenvalue weighted by atomic mass is 16.6. The van der Waals surface area contributed by atoms with Crippen molar-refractivity contribution in [2.24, 2.45) is 17.8 Å². The van der Waals surface area contributed by atoms with Gasteiger partial charge in [-0.2, -0.15) is 0 Å². The average molecular weight is 430 g/mol. The van der Waals surface area contributed by atoms with E-state index in [2.05, 4.69) is 0 Å². The van der Waals surface area contributed by atoms with Gasteiger partial charge >= 0.3 is 17.9 Å². The van der Waals surface area contributed by atoms with Crippen LogP contribution in [0.25, 0.3) is 0 Å². The number of carbonyl (C=O) groups is 4. The molecule has 0 N–H and O–H groups in total. The first-order valence-electron chi connectivity index (χ1n) is 10.6. The lowest BCUT2D eigenvalue weighted by Gasteiger charge is -2.35. The van der Waals surface area contributed by atoms with Crippen molar-refractivity contribution in [3.05, 3.63) is 34.4 Å². The first-order valence-corrected chi connectivity index (χ1v) is 10.6. The number of rotatable bonds is 4. The predicted octanol–water partition coefficient (Wildman–Crippen LogP) is 3.23. The average Bonchev–Trinajstić information content (AvgIpc) is 3.07. The largest absolute Gasteiger partial charge is 0.461 e. The topological polar surface area (TPSA) is 96.0 Å². The molecule has 1 heterocycles. The molecular weight excluding hydrogens is 400 g/mol. The zero-order valence-corrected chi connectivity index (χ0v) is 19.1. The van der Waals surface area contributed by atoms with Crippen LogP contribution in [0.15, 0.2) is 34.4 Å². The van der Waals surface area contributed by atoms with E-state index in [1.165, 1.54) is 6.92 Å². The number of ketones is 1. The van der Waals surface area contributed by atoms with Crippen molar-refractivity contribution < 1.29 is 33.4 Å². The van der Waals surface area contributed by atoms with E-state index in [0.29, 0.717) is 11.1 Å². The van der Waals surface area contributed by atoms with Crippen LogP contribution in [0, 0.1) is 17.8 Å². The molecule has 7 heteroatoms. The van der Waals surface area contributed by atoms with Crippen molar-refractivity contribution in [1.29, 1.82) is 0 Å². The third-order valence-corrected chi connectivity index (χ3v) is 6.56. The van der Waals surface area contributed by atoms with Gasteiger partial charge in [-0.3, -0.25) is 9.59 Å². The minimum absolute atomic E-state index is 0.124. The molecule has 2 aliphatic carbocycles. The Morgan fingerprint density at radius 1 is 1.26 bits per heavy atom. The summed E-state index contributed by atoms with van der Waals surface area (Å²) < 4.78 is 17.3. The molecule has 5 unspecified atom stereocenters. The monoisotopic (exact) mass is 430 g/mol. The lowest BCUT2D eigenvalue weighted by atomic mass is 9.77. The first-order chi connectivity index (χ1) is 14.4. The molecule has 31 heavy (non-hydrogen) atoms. The van der Waals surface area contributed by atoms with Crippen molar-refractivity contribution in [1.82, 2.24) is 0 Å². The summed E-state index contributed by atoms with van der Waals surface area (Å²) >= 11 is 0. The fourth-order valence-corrected chi connectivity index (χ4v) is 4.70. The fraction of sp³-hybridized carbons (Fsp3) is 0.583. The van der Waals surface area contributed by atoms with Gasteiger partial charge in [0.15, 0.2) is 5.78 Å². The standard InChI is InChI=1S/C24H30O7/c1-8-12(4)22(27)31-24(7)19-16(29-21(26)11(2)3)10-14(6)17-15(25)9-13(5)18(17)20(19)30-23(24)28/h8-9,11,16,18-20H,10H2,1-7H3. The van der Waals surface area contributed by atoms with Crippen LogP contribution in [0.3, 0.4) is 0 Å². The normalized spacial score (nSPS) is 32.9. The van der Waals surface area contributed by atoms with Gasteiger partial charge in [-0.15, -0.1) is 0 Å². The van der Waals surface area contributed by atoms with Gasteiger partial charge in [0.2, 0.25) is 5.60 Å². The summed E-state index contributed by atoms with van der Waals surface area (Å²) in [5.41, 5.74) is 0.828. The van der Waals surface area contributed by atoms with E-state index >= 15 is 0 Å². The summed E-state index contributed by atoms with van der Waals surface area (Å²) in [7, 11) is 0. The zero-order valence-electron chi connectivity index (χ0n) is 19.1. The molecular formula is C24H30O7. The number of fused-ring (bicyclic) bond motifs is 3. The first kappa shape index (κ1) is 23.0. The second kappa shape index (κ2) is 8.09. The smallest absolute Gasteiger partial charge is 0.351 e. The highest BCUT2D eigenvalue weighted by molar-refractivity contribution is 6.09. The minimum atomic E-state index is -1.66. The second-order valence-corrected chi connectivity index (χ2v) is 9.12. The molecule has 0 aromatic carbocycles. The van der Waals surface area contributed by atoms with E-state index in [1.54, 1.807) is 39.8 Å². The fourth-order valence-electron chi connectivity index (χ4n) is 4.70. The van der Waals surface area contributed by atoms with Crippen molar-refractivity contribution >= 4 is 23.7 Å². The lowest BCUT2D eigenvalue weighted by Crippen LogP contribution is -2.50. The summed E-state index contributed by atoms with van der Waals surface area (Å²) in [6.07, 6.45) is 1.84. The van der Waals surface area contributed by atoms with Crippen LogP contribution in [-0.2, 0) is 33.4 Å². The maximum absolute atomic E-state index is 13.1. The van der Waals surface area contributed by atoms with Gasteiger partial charge in [0.25, 0.3) is 0 Å². The van der Waals surface area contributed by atoms with Crippen molar-refractivity contribution in [3.8, 4) is 0 Å². The minimum Gasteiger partial charge on any atom is -0.461 e. The molecule has 5 atom stereocenters. The van der Waals surface area contributed by atoms with Gasteiger partial charge in [0.05, 0.1) is 11.8 Å². The summed E-state index contributed by atoms with van der Waals surface area (Å²) in [6, 6.07) is 0. The zero-order chi connectivity index (χ0) is 23.2. The third kappa shape index (κ3) is 3.75. The number of hydrogen-bond donors (Lipinski definition) is 0. The summed E-state index contributed by atoms with van der Waals surface area (Å²) in [5.74, 6) is -3.48. The number of allylic oxidation sites excluding steroid dienone is 2. The van der Waals surface area contributed by atoms with Crippen LogP contribution in [0.2, 0.25) is 0 Å². The predicted molar refractivity (Wildman–Crippen MR) is 112 cm³/mol. The molecule has 0 aromatic rings. The van der Waals surface area contributed by atoms with Crippen LogP contribution in [0.4, 0.5) is 0 Å². The van der Waals surface area contributed by atoms with Gasteiger partial charge in [-0.1, -0.05) is 31.1 Å². The van der Waals surface area contributed by atoms with Crippen LogP contribution >= 0.6 is 0 Å². The molecule has 0 spiro atoms. The SMILES string of the molecule is CC=C(C)C(=O)OC1(C)C(=O)OC2C3C(C)=CC(=O)C3=C(C)CC(OC(=O)C(C)C)C21. The molecule has 7 nitrogen and oxygen atoms in total. The molecule has 0 aromatic heterocycles. The van der Waals surface area contributed by atoms with Gasteiger partial charge in [0, 0.05) is 23.5 Å². The van der Waals surface area contributed by atoms with E-state index in [9.17, 15) is 19.2 Å². The maximum Gasteiger partial charge on any atom is 0.351 e. The molecule has 1 saturated heterocycles. The molecule has 168 valence electrons. The van der Waals surface area contributed by atoms with Crippen molar-refractivity contribution in [2.75, 3.05) is 0 Å². The Bertz CT molecular complexity index is 936. The summed E-state index contributed by atoms with van der Waals surface area (Å²) in [5, 5.41) is 0. The van der Waals surface area contributed by atoms with Crippen molar-refractivity contribution in [2.45, 2.75) is 72.7 Å². The van der Waals surface area contributed by atoms with Crippen LogP contribution < -0.4 is 0 Å². The Labute approximate surface area is 182 Å². The van der Waals surface area contributed by atoms with E-state index in [1.807, 2.05) is 13.8 Å². The second-order valence-electron chi connectivity index (χ2n) is 9.12. The third-order valence-electron chi connectivity index (χ3n) is 6.56. The van der Waals surface area contributed by atoms with Gasteiger partial charge < -0.3 is 14.2 Å². The Hall–Kier alpha value is -2.70. The Morgan fingerprint density at radius 3 is 2.48 bits per heavy atom. The molecule has 0 amide bonds. The molecule has 1 fully saturated rings. The van der Waals surface area contributed by atoms with Crippen LogP contribution in [-0.4, -0.2) is 41.5 Å². The molecule has 0 saturated carbocycles. The molecule has 0 bridgehead atoms. The van der Waals surface area contributed by atoms with Gasteiger partial charge in [0.1, 0.15) is 12.2 Å². The summed E-state index contributed by atoms with van der Waals surface area (Å²) in [4.78, 5) is 50.9. The molecule has 0 radical (unpaired) electrons. The molecule has 3 aliphatic rings. The van der Waals surface area contributed by atoms with E-state index < -0.39 is 47.6 Å². The quantitative estimate of drug-likeness (QED) is 0.384. The van der Waals surface area contributed by atoms with E-state index in [0.717, 1.165) is 11.1 Å². The Balaban J connectivity index is 2.11. The number of carbonyl (C=O) groups excluding carboxylic acids is 4. The van der Waals surface area contributed by atoms with Crippen LogP contribution in [0.5, 0.6) is 0 Å². The lowest BCUT2D eigenvalue weighted by molar-refractivity contribution is -0.177. The highest BCUT2D eigenvalue weighted by Crippen LogP contribution is 2.51. The van der Waals surface area contributed by atoms with E-state index in [4.69, 9.17) is 14.2 Å². The Kier molecular flexibility index (Phi) is 6.00. The number of esters is 3. The van der Waals surface area contributed by atoms with E-state index in [-0.39, 0.29) is 18.1 Å². The highest BCUT2D eigenvalue weighted by Gasteiger charge is 2.65. The molecule has 3 rings (SSSR count). The number of hydrogen-bond acceptors (Lipinski definition) is 7. The Morgan fingerprint density at radius 2 is 1.90 bits per heavy atom. The van der Waals surface area contributed by atoms with Gasteiger partial charge in [-0.25, -0.2) is 9.59 Å². The summed E-state index contributed by atoms with van der Waals surface area (Å²) in [6.45, 7) is 11.9. The van der Waals surface area contributed by atoms with Crippen LogP contribution in [0.1, 0.15) is 54.9 Å². The van der Waals surface area contributed by atoms with Gasteiger partial charge in [-0.05, 0) is 40.7 Å². The maximum atomic E-state index is 13.1. The van der Waals surface area contributed by atoms with Crippen molar-refractivity contribution in [3.63, 3.8) is 0 Å².